The summed E-state index contributed by atoms with van der Waals surface area (Å²) in [5, 5.41) is 7.46. The number of aromatic nitrogens is 3. The largest absolute Gasteiger partial charge is 0.343 e. The van der Waals surface area contributed by atoms with Gasteiger partial charge in [-0.2, -0.15) is 0 Å². The zero-order valence-corrected chi connectivity index (χ0v) is 12.0. The molecule has 1 N–H and O–H groups in total. The van der Waals surface area contributed by atoms with E-state index >= 15 is 0 Å². The number of rotatable bonds is 6. The molecule has 0 radical (unpaired) electrons. The van der Waals surface area contributed by atoms with E-state index in [9.17, 15) is 4.79 Å². The number of hydrogen-bond acceptors (Lipinski definition) is 4. The van der Waals surface area contributed by atoms with Crippen molar-refractivity contribution >= 4 is 11.8 Å². The number of nitrogens with one attached hydrogen (secondary N) is 1. The Morgan fingerprint density at radius 2 is 2.39 bits per heavy atom. The Bertz CT molecular complexity index is 428. The fourth-order valence-electron chi connectivity index (χ4n) is 2.46. The lowest BCUT2D eigenvalue weighted by Gasteiger charge is -2.18. The van der Waals surface area contributed by atoms with E-state index in [1.165, 1.54) is 25.8 Å². The van der Waals surface area contributed by atoms with Crippen molar-refractivity contribution in [2.24, 2.45) is 0 Å². The van der Waals surface area contributed by atoms with Gasteiger partial charge in [-0.1, -0.05) is 18.7 Å². The van der Waals surface area contributed by atoms with Gasteiger partial charge in [0.2, 0.25) is 0 Å². The number of nitrogens with zero attached hydrogens (tertiary/aromatic N) is 3. The average molecular weight is 270 g/mol. The molecule has 2 heterocycles. The fourth-order valence-corrected chi connectivity index (χ4v) is 3.48. The molecule has 5 nitrogen and oxygen atoms in total. The minimum absolute atomic E-state index is 0.0858. The van der Waals surface area contributed by atoms with Crippen molar-refractivity contribution < 1.29 is 0 Å². The topological polar surface area (TPSA) is 53.9 Å². The maximum atomic E-state index is 11.5. The lowest BCUT2D eigenvalue weighted by molar-refractivity contribution is 0.305. The van der Waals surface area contributed by atoms with Crippen LogP contribution in [0.15, 0.2) is 9.95 Å². The normalized spacial score (nSPS) is 20.7. The molecule has 1 aliphatic heterocycles. The van der Waals surface area contributed by atoms with Crippen LogP contribution in [0.25, 0.3) is 0 Å². The van der Waals surface area contributed by atoms with E-state index in [2.05, 4.69) is 29.1 Å². The van der Waals surface area contributed by atoms with Crippen LogP contribution < -0.4 is 5.69 Å². The van der Waals surface area contributed by atoms with Crippen molar-refractivity contribution in [1.82, 2.24) is 19.7 Å². The van der Waals surface area contributed by atoms with E-state index in [0.29, 0.717) is 6.04 Å². The van der Waals surface area contributed by atoms with Crippen molar-refractivity contribution in [2.45, 2.75) is 50.4 Å². The maximum Gasteiger partial charge on any atom is 0.343 e. The Morgan fingerprint density at radius 3 is 3.06 bits per heavy atom. The van der Waals surface area contributed by atoms with Gasteiger partial charge < -0.3 is 4.90 Å². The van der Waals surface area contributed by atoms with E-state index < -0.39 is 0 Å². The van der Waals surface area contributed by atoms with Gasteiger partial charge in [0.15, 0.2) is 5.16 Å². The molecule has 0 bridgehead atoms. The number of thioether (sulfide) groups is 1. The summed E-state index contributed by atoms with van der Waals surface area (Å²) in [7, 11) is 2.20. The van der Waals surface area contributed by atoms with E-state index in [1.54, 1.807) is 16.3 Å². The number of H-pyrrole nitrogens is 1. The van der Waals surface area contributed by atoms with Crippen LogP contribution in [0, 0.1) is 0 Å². The Kier molecular flexibility index (Phi) is 4.88. The summed E-state index contributed by atoms with van der Waals surface area (Å²) in [4.78, 5) is 14.0. The van der Waals surface area contributed by atoms with Crippen LogP contribution in [-0.4, -0.2) is 45.1 Å². The van der Waals surface area contributed by atoms with E-state index in [4.69, 9.17) is 0 Å². The molecular weight excluding hydrogens is 248 g/mol. The van der Waals surface area contributed by atoms with E-state index in [-0.39, 0.29) is 5.69 Å². The number of likely N-dealkylation sites (tertiary alicyclic amines) is 1. The molecule has 6 heteroatoms. The highest BCUT2D eigenvalue weighted by molar-refractivity contribution is 7.99. The van der Waals surface area contributed by atoms with Gasteiger partial charge in [-0.05, 0) is 39.3 Å². The zero-order chi connectivity index (χ0) is 13.0. The van der Waals surface area contributed by atoms with Crippen LogP contribution in [0.5, 0.6) is 0 Å². The molecule has 2 rings (SSSR count). The highest BCUT2D eigenvalue weighted by Gasteiger charge is 2.20. The van der Waals surface area contributed by atoms with E-state index in [0.717, 1.165) is 23.9 Å². The predicted molar refractivity (Wildman–Crippen MR) is 74.1 cm³/mol. The summed E-state index contributed by atoms with van der Waals surface area (Å²) in [6, 6.07) is 0.711. The quantitative estimate of drug-likeness (QED) is 0.797. The maximum absolute atomic E-state index is 11.5. The smallest absolute Gasteiger partial charge is 0.303 e. The second-order valence-corrected chi connectivity index (χ2v) is 5.94. The minimum atomic E-state index is -0.0858. The van der Waals surface area contributed by atoms with Crippen LogP contribution >= 0.6 is 11.8 Å². The van der Waals surface area contributed by atoms with Crippen LogP contribution in [-0.2, 0) is 6.54 Å². The van der Waals surface area contributed by atoms with Crippen LogP contribution in [0.2, 0.25) is 0 Å². The van der Waals surface area contributed by atoms with Gasteiger partial charge in [-0.25, -0.2) is 9.89 Å². The highest BCUT2D eigenvalue weighted by atomic mass is 32.2. The highest BCUT2D eigenvalue weighted by Crippen LogP contribution is 2.22. The van der Waals surface area contributed by atoms with Gasteiger partial charge in [0.25, 0.3) is 0 Å². The van der Waals surface area contributed by atoms with Crippen molar-refractivity contribution in [1.29, 1.82) is 0 Å². The van der Waals surface area contributed by atoms with Gasteiger partial charge in [-0.15, -0.1) is 5.10 Å². The molecule has 0 aromatic carbocycles. The summed E-state index contributed by atoms with van der Waals surface area (Å²) in [6.07, 6.45) is 4.75. The molecule has 1 aromatic rings. The summed E-state index contributed by atoms with van der Waals surface area (Å²) in [5.74, 6) is 1.03. The first-order valence-electron chi connectivity index (χ1n) is 6.70. The molecule has 1 aliphatic rings. The molecule has 0 spiro atoms. The van der Waals surface area contributed by atoms with Crippen molar-refractivity contribution in [2.75, 3.05) is 19.3 Å². The average Bonchev–Trinajstić information content (AvgIpc) is 2.90. The third-order valence-corrected chi connectivity index (χ3v) is 4.53. The second-order valence-electron chi connectivity index (χ2n) is 4.88. The first-order valence-corrected chi connectivity index (χ1v) is 7.69. The standard InChI is InChI=1S/C12H22N4OS/c1-3-7-16-11(17)13-14-12(16)18-9-6-10-5-4-8-15(10)2/h10H,3-9H2,1-2H3,(H,13,17)/t10-/m0/s1. The third kappa shape index (κ3) is 3.17. The van der Waals surface area contributed by atoms with Crippen LogP contribution in [0.3, 0.4) is 0 Å². The summed E-state index contributed by atoms with van der Waals surface area (Å²) in [5.41, 5.74) is -0.0858. The Balaban J connectivity index is 1.84. The summed E-state index contributed by atoms with van der Waals surface area (Å²) >= 11 is 1.69. The monoisotopic (exact) mass is 270 g/mol. The molecule has 1 saturated heterocycles. The Hall–Kier alpha value is -0.750. The lowest BCUT2D eigenvalue weighted by Crippen LogP contribution is -2.25. The van der Waals surface area contributed by atoms with Gasteiger partial charge in [0.1, 0.15) is 0 Å². The fraction of sp³-hybridized carbons (Fsp3) is 0.833. The van der Waals surface area contributed by atoms with Gasteiger partial charge in [0, 0.05) is 18.3 Å². The third-order valence-electron chi connectivity index (χ3n) is 3.52. The summed E-state index contributed by atoms with van der Waals surface area (Å²) in [6.45, 7) is 4.04. The SMILES string of the molecule is CCCn1c(SCC[C@@H]2CCCN2C)n[nH]c1=O. The van der Waals surface area contributed by atoms with E-state index in [1.807, 2.05) is 0 Å². The molecule has 0 unspecified atom stereocenters. The summed E-state index contributed by atoms with van der Waals surface area (Å²) < 4.78 is 1.74. The molecule has 1 fully saturated rings. The van der Waals surface area contributed by atoms with Crippen LogP contribution in [0.4, 0.5) is 0 Å². The molecule has 1 atom stereocenters. The predicted octanol–water partition coefficient (Wildman–Crippen LogP) is 1.56. The first kappa shape index (κ1) is 13.7. The number of hydrogen-bond donors (Lipinski definition) is 1. The van der Waals surface area contributed by atoms with Crippen molar-refractivity contribution in [3.63, 3.8) is 0 Å². The molecule has 102 valence electrons. The molecule has 18 heavy (non-hydrogen) atoms. The molecule has 0 aliphatic carbocycles. The Morgan fingerprint density at radius 1 is 1.56 bits per heavy atom. The molecule has 0 saturated carbocycles. The van der Waals surface area contributed by atoms with Crippen molar-refractivity contribution in [3.05, 3.63) is 10.5 Å². The Labute approximate surface area is 112 Å². The first-order chi connectivity index (χ1) is 8.72. The lowest BCUT2D eigenvalue weighted by atomic mass is 10.2. The number of aromatic amines is 1. The van der Waals surface area contributed by atoms with Crippen molar-refractivity contribution in [3.8, 4) is 0 Å². The van der Waals surface area contributed by atoms with Gasteiger partial charge in [0.05, 0.1) is 0 Å². The molecular formula is C12H22N4OS. The molecule has 1 aromatic heterocycles. The van der Waals surface area contributed by atoms with Gasteiger partial charge >= 0.3 is 5.69 Å². The molecule has 0 amide bonds. The second kappa shape index (κ2) is 6.43. The minimum Gasteiger partial charge on any atom is -0.303 e. The van der Waals surface area contributed by atoms with Crippen LogP contribution in [0.1, 0.15) is 32.6 Å². The van der Waals surface area contributed by atoms with Gasteiger partial charge in [-0.3, -0.25) is 4.57 Å². The zero-order valence-electron chi connectivity index (χ0n) is 11.2.